The fourth-order valence-corrected chi connectivity index (χ4v) is 3.68. The van der Waals surface area contributed by atoms with Crippen LogP contribution < -0.4 is 14.2 Å². The lowest BCUT2D eigenvalue weighted by atomic mass is 10.2. The fraction of sp³-hybridized carbons (Fsp3) is 0.273. The Balaban J connectivity index is 1.31. The quantitative estimate of drug-likeness (QED) is 0.616. The molecule has 1 aliphatic rings. The zero-order valence-electron chi connectivity index (χ0n) is 16.3. The maximum Gasteiger partial charge on any atom is 0.253 e. The van der Waals surface area contributed by atoms with E-state index < -0.39 is 0 Å². The van der Waals surface area contributed by atoms with Crippen molar-refractivity contribution < 1.29 is 19.0 Å². The zero-order chi connectivity index (χ0) is 20.2. The van der Waals surface area contributed by atoms with Crippen LogP contribution >= 0.6 is 11.3 Å². The van der Waals surface area contributed by atoms with Crippen LogP contribution in [0, 0.1) is 6.92 Å². The maximum atomic E-state index is 12.7. The molecule has 7 heteroatoms. The van der Waals surface area contributed by atoms with Gasteiger partial charge in [0.05, 0.1) is 17.2 Å². The third kappa shape index (κ3) is 4.68. The van der Waals surface area contributed by atoms with Crippen LogP contribution in [0.25, 0.3) is 0 Å². The number of amides is 1. The van der Waals surface area contributed by atoms with Crippen LogP contribution in [0.15, 0.2) is 53.9 Å². The largest absolute Gasteiger partial charge is 0.487 e. The average Bonchev–Trinajstić information content (AvgIpc) is 3.17. The summed E-state index contributed by atoms with van der Waals surface area (Å²) in [5.41, 5.74) is 1.50. The summed E-state index contributed by atoms with van der Waals surface area (Å²) in [6, 6.07) is 14.7. The first-order valence-corrected chi connectivity index (χ1v) is 10.2. The zero-order valence-corrected chi connectivity index (χ0v) is 17.1. The lowest BCUT2D eigenvalue weighted by Crippen LogP contribution is -2.41. The molecule has 150 valence electrons. The van der Waals surface area contributed by atoms with Crippen molar-refractivity contribution in [2.45, 2.75) is 19.6 Å². The first-order chi connectivity index (χ1) is 14.1. The van der Waals surface area contributed by atoms with Gasteiger partial charge < -0.3 is 19.1 Å². The molecule has 2 aromatic carbocycles. The summed E-state index contributed by atoms with van der Waals surface area (Å²) in [4.78, 5) is 18.8. The Labute approximate surface area is 173 Å². The highest BCUT2D eigenvalue weighted by molar-refractivity contribution is 7.09. The highest BCUT2D eigenvalue weighted by atomic mass is 32.1. The summed E-state index contributed by atoms with van der Waals surface area (Å²) in [6.07, 6.45) is -0.206. The van der Waals surface area contributed by atoms with Crippen molar-refractivity contribution in [2.24, 2.45) is 0 Å². The van der Waals surface area contributed by atoms with Gasteiger partial charge >= 0.3 is 0 Å². The van der Waals surface area contributed by atoms with E-state index in [2.05, 4.69) is 4.98 Å². The molecular formula is C22H22N2O4S. The molecule has 1 aromatic heterocycles. The van der Waals surface area contributed by atoms with Crippen molar-refractivity contribution in [3.8, 4) is 17.2 Å². The number of likely N-dealkylation sites (N-methyl/N-ethyl adjacent to an activating group) is 1. The number of fused-ring (bicyclic) bond motifs is 1. The SMILES string of the molecule is Cc1nc(COc2ccc(C(=O)N(C)CC3COc4ccccc4O3)cc2)cs1. The van der Waals surface area contributed by atoms with Gasteiger partial charge in [-0.2, -0.15) is 0 Å². The van der Waals surface area contributed by atoms with E-state index in [1.54, 1.807) is 47.5 Å². The average molecular weight is 410 g/mol. The fourth-order valence-electron chi connectivity index (χ4n) is 3.09. The first kappa shape index (κ1) is 19.3. The summed E-state index contributed by atoms with van der Waals surface area (Å²) in [5.74, 6) is 2.08. The Morgan fingerprint density at radius 3 is 2.69 bits per heavy atom. The van der Waals surface area contributed by atoms with E-state index in [1.165, 1.54) is 0 Å². The molecule has 1 aliphatic heterocycles. The molecule has 0 fully saturated rings. The van der Waals surface area contributed by atoms with Crippen LogP contribution in [0.2, 0.25) is 0 Å². The highest BCUT2D eigenvalue weighted by Crippen LogP contribution is 2.31. The second-order valence-corrected chi connectivity index (χ2v) is 7.92. The minimum Gasteiger partial charge on any atom is -0.487 e. The molecule has 0 saturated heterocycles. The minimum absolute atomic E-state index is 0.0749. The van der Waals surface area contributed by atoms with Gasteiger partial charge in [-0.15, -0.1) is 11.3 Å². The number of nitrogens with zero attached hydrogens (tertiary/aromatic N) is 2. The van der Waals surface area contributed by atoms with Crippen LogP contribution in [0.3, 0.4) is 0 Å². The standard InChI is InChI=1S/C22H22N2O4S/c1-15-23-17(14-29-15)12-26-18-9-7-16(8-10-18)22(25)24(2)11-19-13-27-20-5-3-4-6-21(20)28-19/h3-10,14,19H,11-13H2,1-2H3. The van der Waals surface area contributed by atoms with Gasteiger partial charge in [-0.3, -0.25) is 4.79 Å². The van der Waals surface area contributed by atoms with E-state index in [9.17, 15) is 4.79 Å². The Morgan fingerprint density at radius 2 is 1.97 bits per heavy atom. The molecule has 1 amide bonds. The van der Waals surface area contributed by atoms with Crippen LogP contribution in [0.5, 0.6) is 17.2 Å². The normalized spacial score (nSPS) is 15.0. The summed E-state index contributed by atoms with van der Waals surface area (Å²) in [7, 11) is 1.77. The smallest absolute Gasteiger partial charge is 0.253 e. The molecule has 0 radical (unpaired) electrons. The van der Waals surface area contributed by atoms with E-state index >= 15 is 0 Å². The Bertz CT molecular complexity index is 986. The predicted molar refractivity (Wildman–Crippen MR) is 111 cm³/mol. The summed E-state index contributed by atoms with van der Waals surface area (Å²) in [6.45, 7) is 3.23. The number of aryl methyl sites for hydroxylation is 1. The lowest BCUT2D eigenvalue weighted by Gasteiger charge is -2.29. The Morgan fingerprint density at radius 1 is 1.21 bits per heavy atom. The van der Waals surface area contributed by atoms with Crippen molar-refractivity contribution in [2.75, 3.05) is 20.2 Å². The van der Waals surface area contributed by atoms with Gasteiger partial charge in [-0.05, 0) is 43.3 Å². The van der Waals surface area contributed by atoms with Crippen molar-refractivity contribution in [1.82, 2.24) is 9.88 Å². The number of benzene rings is 2. The van der Waals surface area contributed by atoms with Gasteiger partial charge in [-0.1, -0.05) is 12.1 Å². The van der Waals surface area contributed by atoms with Crippen molar-refractivity contribution in [3.63, 3.8) is 0 Å². The number of thiazole rings is 1. The number of rotatable bonds is 6. The highest BCUT2D eigenvalue weighted by Gasteiger charge is 2.24. The molecule has 3 aromatic rings. The number of ether oxygens (including phenoxy) is 3. The molecule has 0 spiro atoms. The molecule has 29 heavy (non-hydrogen) atoms. The van der Waals surface area contributed by atoms with Gasteiger partial charge in [0.2, 0.25) is 0 Å². The molecule has 1 atom stereocenters. The lowest BCUT2D eigenvalue weighted by molar-refractivity contribution is 0.0521. The molecule has 1 unspecified atom stereocenters. The molecule has 0 bridgehead atoms. The molecule has 6 nitrogen and oxygen atoms in total. The third-order valence-corrected chi connectivity index (χ3v) is 5.37. The van der Waals surface area contributed by atoms with Crippen molar-refractivity contribution >= 4 is 17.2 Å². The molecule has 0 aliphatic carbocycles. The number of carbonyl (C=O) groups is 1. The van der Waals surface area contributed by atoms with Gasteiger partial charge in [0.15, 0.2) is 17.6 Å². The Hall–Kier alpha value is -3.06. The minimum atomic E-state index is -0.206. The first-order valence-electron chi connectivity index (χ1n) is 9.36. The van der Waals surface area contributed by atoms with Gasteiger partial charge in [0.1, 0.15) is 19.0 Å². The number of hydrogen-bond acceptors (Lipinski definition) is 6. The van der Waals surface area contributed by atoms with Crippen LogP contribution in [0.1, 0.15) is 21.1 Å². The van der Waals surface area contributed by atoms with E-state index in [0.717, 1.165) is 16.5 Å². The van der Waals surface area contributed by atoms with E-state index in [0.29, 0.717) is 36.8 Å². The molecule has 2 heterocycles. The summed E-state index contributed by atoms with van der Waals surface area (Å²) in [5, 5.41) is 3.00. The second-order valence-electron chi connectivity index (χ2n) is 6.85. The summed E-state index contributed by atoms with van der Waals surface area (Å²) < 4.78 is 17.4. The maximum absolute atomic E-state index is 12.7. The molecule has 0 saturated carbocycles. The van der Waals surface area contributed by atoms with Crippen molar-refractivity contribution in [3.05, 3.63) is 70.2 Å². The second kappa shape index (κ2) is 8.53. The van der Waals surface area contributed by atoms with E-state index in [-0.39, 0.29) is 12.0 Å². The van der Waals surface area contributed by atoms with Crippen LogP contribution in [0.4, 0.5) is 0 Å². The number of hydrogen-bond donors (Lipinski definition) is 0. The van der Waals surface area contributed by atoms with Crippen molar-refractivity contribution in [1.29, 1.82) is 0 Å². The van der Waals surface area contributed by atoms with Gasteiger partial charge in [0.25, 0.3) is 5.91 Å². The van der Waals surface area contributed by atoms with Gasteiger partial charge in [0, 0.05) is 18.0 Å². The monoisotopic (exact) mass is 410 g/mol. The topological polar surface area (TPSA) is 60.9 Å². The third-order valence-electron chi connectivity index (χ3n) is 4.55. The van der Waals surface area contributed by atoms with E-state index in [1.807, 2.05) is 36.6 Å². The number of para-hydroxylation sites is 2. The Kier molecular flexibility index (Phi) is 5.67. The molecule has 4 rings (SSSR count). The van der Waals surface area contributed by atoms with E-state index in [4.69, 9.17) is 14.2 Å². The molecule has 0 N–H and O–H groups in total. The molecular weight excluding hydrogens is 388 g/mol. The van der Waals surface area contributed by atoms with Crippen LogP contribution in [-0.2, 0) is 6.61 Å². The predicted octanol–water partition coefficient (Wildman–Crippen LogP) is 3.94. The van der Waals surface area contributed by atoms with Crippen LogP contribution in [-0.4, -0.2) is 42.1 Å². The number of carbonyl (C=O) groups excluding carboxylic acids is 1. The van der Waals surface area contributed by atoms with Gasteiger partial charge in [-0.25, -0.2) is 4.98 Å². The summed E-state index contributed by atoms with van der Waals surface area (Å²) >= 11 is 1.60. The number of aromatic nitrogens is 1.